The zero-order valence-corrected chi connectivity index (χ0v) is 17.4. The summed E-state index contributed by atoms with van der Waals surface area (Å²) in [5, 5.41) is 12.9. The molecule has 9 nitrogen and oxygen atoms in total. The number of nitro groups is 1. The van der Waals surface area contributed by atoms with Gasteiger partial charge in [0.2, 0.25) is 0 Å². The number of benzene rings is 3. The van der Waals surface area contributed by atoms with Crippen LogP contribution in [-0.4, -0.2) is 21.9 Å². The van der Waals surface area contributed by atoms with Crippen molar-refractivity contribution in [1.29, 1.82) is 0 Å². The molecule has 0 heterocycles. The van der Waals surface area contributed by atoms with E-state index < -0.39 is 16.7 Å². The first kappa shape index (κ1) is 22.4. The normalized spacial score (nSPS) is 10.0. The molecule has 2 amide bonds. The Morgan fingerprint density at radius 1 is 0.844 bits per heavy atom. The highest BCUT2D eigenvalue weighted by Crippen LogP contribution is 2.14. The molecule has 0 aliphatic rings. The second-order valence-electron chi connectivity index (χ2n) is 6.47. The average molecular weight is 450 g/mol. The molecule has 0 aromatic heterocycles. The van der Waals surface area contributed by atoms with Gasteiger partial charge in [-0.25, -0.2) is 0 Å². The van der Waals surface area contributed by atoms with E-state index in [0.29, 0.717) is 17.9 Å². The largest absolute Gasteiger partial charge is 0.489 e. The molecule has 0 aliphatic carbocycles. The fraction of sp³-hybridized carbons (Fsp3) is 0.0455. The number of amides is 2. The van der Waals surface area contributed by atoms with E-state index in [-0.39, 0.29) is 16.4 Å². The van der Waals surface area contributed by atoms with Crippen LogP contribution >= 0.6 is 12.2 Å². The van der Waals surface area contributed by atoms with Gasteiger partial charge in [-0.15, -0.1) is 0 Å². The molecule has 3 aromatic rings. The van der Waals surface area contributed by atoms with Crippen molar-refractivity contribution in [1.82, 2.24) is 16.2 Å². The Bertz CT molecular complexity index is 1120. The monoisotopic (exact) mass is 450 g/mol. The molecule has 162 valence electrons. The van der Waals surface area contributed by atoms with Crippen molar-refractivity contribution in [2.45, 2.75) is 6.61 Å². The number of hydrogen-bond donors (Lipinski definition) is 3. The molecule has 3 aromatic carbocycles. The summed E-state index contributed by atoms with van der Waals surface area (Å²) in [6.45, 7) is 0.413. The lowest BCUT2D eigenvalue weighted by atomic mass is 10.2. The van der Waals surface area contributed by atoms with Crippen molar-refractivity contribution in [3.63, 3.8) is 0 Å². The minimum absolute atomic E-state index is 0.133. The van der Waals surface area contributed by atoms with Gasteiger partial charge in [0.15, 0.2) is 5.11 Å². The number of ether oxygens (including phenoxy) is 1. The Kier molecular flexibility index (Phi) is 7.44. The second-order valence-corrected chi connectivity index (χ2v) is 6.87. The van der Waals surface area contributed by atoms with Crippen LogP contribution in [0.15, 0.2) is 78.9 Å². The predicted molar refractivity (Wildman–Crippen MR) is 121 cm³/mol. The van der Waals surface area contributed by atoms with Crippen LogP contribution in [0, 0.1) is 10.1 Å². The van der Waals surface area contributed by atoms with Crippen LogP contribution in [-0.2, 0) is 6.61 Å². The van der Waals surface area contributed by atoms with Crippen molar-refractivity contribution in [2.24, 2.45) is 0 Å². The predicted octanol–water partition coefficient (Wildman–Crippen LogP) is 3.12. The summed E-state index contributed by atoms with van der Waals surface area (Å²) in [5.41, 5.74) is 6.25. The van der Waals surface area contributed by atoms with Crippen LogP contribution in [0.2, 0.25) is 0 Å². The number of non-ortho nitro benzene ring substituents is 1. The molecule has 32 heavy (non-hydrogen) atoms. The van der Waals surface area contributed by atoms with Crippen LogP contribution in [0.1, 0.15) is 26.3 Å². The van der Waals surface area contributed by atoms with Gasteiger partial charge in [-0.3, -0.25) is 35.9 Å². The molecular formula is C22H18N4O5S. The summed E-state index contributed by atoms with van der Waals surface area (Å²) in [4.78, 5) is 34.5. The molecule has 3 rings (SSSR count). The first-order chi connectivity index (χ1) is 15.4. The lowest BCUT2D eigenvalue weighted by molar-refractivity contribution is -0.384. The number of carbonyl (C=O) groups is 2. The third-order valence-corrected chi connectivity index (χ3v) is 4.43. The molecule has 0 radical (unpaired) electrons. The van der Waals surface area contributed by atoms with Gasteiger partial charge in [0, 0.05) is 23.3 Å². The third-order valence-electron chi connectivity index (χ3n) is 4.22. The molecule has 0 saturated heterocycles. The van der Waals surface area contributed by atoms with Crippen LogP contribution in [0.5, 0.6) is 5.75 Å². The fourth-order valence-corrected chi connectivity index (χ4v) is 2.71. The Morgan fingerprint density at radius 3 is 2.06 bits per heavy atom. The Hall–Kier alpha value is -4.31. The number of hydrazine groups is 1. The Labute approximate surface area is 188 Å². The number of nitro benzene ring substituents is 1. The summed E-state index contributed by atoms with van der Waals surface area (Å²) < 4.78 is 5.68. The SMILES string of the molecule is O=C(NNC(=S)NC(=O)c1ccc([N+](=O)[O-])cc1)c1ccc(OCc2ccccc2)cc1. The smallest absolute Gasteiger partial charge is 0.269 e. The molecule has 0 unspecified atom stereocenters. The van der Waals surface area contributed by atoms with Gasteiger partial charge >= 0.3 is 0 Å². The third kappa shape index (κ3) is 6.34. The van der Waals surface area contributed by atoms with Gasteiger partial charge in [-0.1, -0.05) is 30.3 Å². The molecule has 0 fully saturated rings. The lowest BCUT2D eigenvalue weighted by Crippen LogP contribution is -2.48. The summed E-state index contributed by atoms with van der Waals surface area (Å²) in [5.74, 6) is -0.428. The van der Waals surface area contributed by atoms with E-state index in [0.717, 1.165) is 5.56 Å². The first-order valence-electron chi connectivity index (χ1n) is 9.35. The minimum atomic E-state index is -0.577. The highest BCUT2D eigenvalue weighted by molar-refractivity contribution is 7.80. The van der Waals surface area contributed by atoms with Gasteiger partial charge in [0.25, 0.3) is 17.5 Å². The summed E-state index contributed by atoms with van der Waals surface area (Å²) in [7, 11) is 0. The highest BCUT2D eigenvalue weighted by Gasteiger charge is 2.12. The summed E-state index contributed by atoms with van der Waals surface area (Å²) in [6, 6.07) is 21.2. The summed E-state index contributed by atoms with van der Waals surface area (Å²) in [6.07, 6.45) is 0. The van der Waals surface area contributed by atoms with Gasteiger partial charge in [0.1, 0.15) is 12.4 Å². The highest BCUT2D eigenvalue weighted by atomic mass is 32.1. The van der Waals surface area contributed by atoms with Gasteiger partial charge in [0.05, 0.1) is 4.92 Å². The minimum Gasteiger partial charge on any atom is -0.489 e. The molecule has 10 heteroatoms. The molecule has 0 aliphatic heterocycles. The Morgan fingerprint density at radius 2 is 1.44 bits per heavy atom. The van der Waals surface area contributed by atoms with E-state index in [1.807, 2.05) is 30.3 Å². The van der Waals surface area contributed by atoms with E-state index >= 15 is 0 Å². The number of hydrogen-bond acceptors (Lipinski definition) is 6. The number of thiocarbonyl (C=S) groups is 1. The van der Waals surface area contributed by atoms with Crippen molar-refractivity contribution in [3.05, 3.63) is 106 Å². The number of rotatable bonds is 6. The molecule has 0 atom stereocenters. The van der Waals surface area contributed by atoms with Crippen molar-refractivity contribution >= 4 is 34.8 Å². The number of carbonyl (C=O) groups excluding carboxylic acids is 2. The zero-order valence-electron chi connectivity index (χ0n) is 16.6. The van der Waals surface area contributed by atoms with Gasteiger partial charge < -0.3 is 4.74 Å². The van der Waals surface area contributed by atoms with E-state index in [1.165, 1.54) is 24.3 Å². The van der Waals surface area contributed by atoms with Crippen LogP contribution in [0.25, 0.3) is 0 Å². The topological polar surface area (TPSA) is 123 Å². The molecular weight excluding hydrogens is 432 g/mol. The quantitative estimate of drug-likeness (QED) is 0.300. The average Bonchev–Trinajstić information content (AvgIpc) is 2.82. The maximum absolute atomic E-state index is 12.2. The molecule has 0 bridgehead atoms. The van der Waals surface area contributed by atoms with E-state index in [2.05, 4.69) is 16.2 Å². The maximum Gasteiger partial charge on any atom is 0.269 e. The Balaban J connectivity index is 1.45. The van der Waals surface area contributed by atoms with E-state index in [4.69, 9.17) is 17.0 Å². The van der Waals surface area contributed by atoms with Gasteiger partial charge in [-0.2, -0.15) is 0 Å². The molecule has 0 spiro atoms. The van der Waals surface area contributed by atoms with Crippen LogP contribution < -0.4 is 20.9 Å². The number of nitrogens with one attached hydrogen (secondary N) is 3. The van der Waals surface area contributed by atoms with Gasteiger partial charge in [-0.05, 0) is 54.2 Å². The van der Waals surface area contributed by atoms with E-state index in [9.17, 15) is 19.7 Å². The summed E-state index contributed by atoms with van der Waals surface area (Å²) >= 11 is 4.98. The zero-order chi connectivity index (χ0) is 22.9. The fourth-order valence-electron chi connectivity index (χ4n) is 2.57. The maximum atomic E-state index is 12.2. The van der Waals surface area contributed by atoms with Crippen LogP contribution in [0.3, 0.4) is 0 Å². The van der Waals surface area contributed by atoms with Crippen molar-refractivity contribution < 1.29 is 19.2 Å². The van der Waals surface area contributed by atoms with E-state index in [1.54, 1.807) is 24.3 Å². The van der Waals surface area contributed by atoms with Crippen molar-refractivity contribution in [3.8, 4) is 5.75 Å². The first-order valence-corrected chi connectivity index (χ1v) is 9.76. The van der Waals surface area contributed by atoms with Crippen molar-refractivity contribution in [2.75, 3.05) is 0 Å². The second kappa shape index (κ2) is 10.6. The number of nitrogens with zero attached hydrogens (tertiary/aromatic N) is 1. The standard InChI is InChI=1S/C22H18N4O5S/c27-20(16-6-10-18(11-7-16)26(29)30)23-22(32)25-24-21(28)17-8-12-19(13-9-17)31-14-15-4-2-1-3-5-15/h1-13H,14H2,(H,24,28)(H2,23,25,27,32). The van der Waals surface area contributed by atoms with Crippen LogP contribution in [0.4, 0.5) is 5.69 Å². The molecule has 0 saturated carbocycles. The lowest BCUT2D eigenvalue weighted by Gasteiger charge is -2.11. The molecule has 3 N–H and O–H groups in total.